The summed E-state index contributed by atoms with van der Waals surface area (Å²) < 4.78 is 11.4. The van der Waals surface area contributed by atoms with E-state index >= 15 is 0 Å². The molecule has 4 heteroatoms. The van der Waals surface area contributed by atoms with E-state index in [0.29, 0.717) is 6.61 Å². The molecule has 1 aliphatic rings. The fraction of sp³-hybridized carbons (Fsp3) is 0.625. The quantitative estimate of drug-likeness (QED) is 0.897. The Balaban J connectivity index is 2.06. The van der Waals surface area contributed by atoms with Gasteiger partial charge in [0.05, 0.1) is 12.7 Å². The summed E-state index contributed by atoms with van der Waals surface area (Å²) >= 11 is 0. The van der Waals surface area contributed by atoms with Crippen molar-refractivity contribution in [2.45, 2.75) is 39.1 Å². The zero-order chi connectivity index (χ0) is 14.5. The summed E-state index contributed by atoms with van der Waals surface area (Å²) in [6, 6.07) is 7.65. The lowest BCUT2D eigenvalue weighted by Crippen LogP contribution is -2.44. The number of nitrogens with zero attached hydrogens (tertiary/aromatic N) is 1. The summed E-state index contributed by atoms with van der Waals surface area (Å²) in [6.07, 6.45) is -0.651. The first-order valence-corrected chi connectivity index (χ1v) is 7.38. The van der Waals surface area contributed by atoms with Crippen LogP contribution in [0.2, 0.25) is 0 Å². The van der Waals surface area contributed by atoms with Crippen LogP contribution in [0.25, 0.3) is 0 Å². The maximum atomic E-state index is 10.5. The lowest BCUT2D eigenvalue weighted by molar-refractivity contribution is -0.0889. The second-order valence-electron chi connectivity index (χ2n) is 5.49. The monoisotopic (exact) mass is 279 g/mol. The normalized spacial score (nSPS) is 21.9. The topological polar surface area (TPSA) is 41.9 Å². The molecule has 112 valence electrons. The van der Waals surface area contributed by atoms with E-state index in [1.54, 1.807) is 0 Å². The Morgan fingerprint density at radius 2 is 2.25 bits per heavy atom. The molecule has 1 heterocycles. The standard InChI is InChI=1S/C16H25NO3/c1-4-17-8-9-19-15(11-17)16(18)13-6-5-7-14(10-13)20-12(2)3/h5-7,10,12,15-16,18H,4,8-9,11H2,1-3H3. The highest BCUT2D eigenvalue weighted by Gasteiger charge is 2.27. The minimum atomic E-state index is -0.611. The molecule has 2 atom stereocenters. The summed E-state index contributed by atoms with van der Waals surface area (Å²) in [6.45, 7) is 9.49. The molecule has 1 aromatic rings. The molecule has 0 radical (unpaired) electrons. The minimum Gasteiger partial charge on any atom is -0.491 e. The first-order chi connectivity index (χ1) is 9.60. The smallest absolute Gasteiger partial charge is 0.120 e. The van der Waals surface area contributed by atoms with E-state index in [1.165, 1.54) is 0 Å². The maximum Gasteiger partial charge on any atom is 0.120 e. The number of benzene rings is 1. The Morgan fingerprint density at radius 1 is 1.45 bits per heavy atom. The second-order valence-corrected chi connectivity index (χ2v) is 5.49. The molecule has 1 aromatic carbocycles. The van der Waals surface area contributed by atoms with E-state index in [9.17, 15) is 5.11 Å². The number of hydrogen-bond acceptors (Lipinski definition) is 4. The van der Waals surface area contributed by atoms with Crippen molar-refractivity contribution in [2.75, 3.05) is 26.2 Å². The van der Waals surface area contributed by atoms with E-state index < -0.39 is 6.10 Å². The second kappa shape index (κ2) is 7.07. The highest BCUT2D eigenvalue weighted by molar-refractivity contribution is 5.30. The first kappa shape index (κ1) is 15.3. The Hall–Kier alpha value is -1.10. The van der Waals surface area contributed by atoms with E-state index in [0.717, 1.165) is 30.9 Å². The van der Waals surface area contributed by atoms with Crippen LogP contribution in [0.3, 0.4) is 0 Å². The van der Waals surface area contributed by atoms with Crippen molar-refractivity contribution in [1.29, 1.82) is 0 Å². The number of hydrogen-bond donors (Lipinski definition) is 1. The predicted octanol–water partition coefficient (Wildman–Crippen LogP) is 2.23. The van der Waals surface area contributed by atoms with Gasteiger partial charge < -0.3 is 14.6 Å². The molecule has 1 saturated heterocycles. The molecule has 2 rings (SSSR count). The van der Waals surface area contributed by atoms with E-state index in [4.69, 9.17) is 9.47 Å². The van der Waals surface area contributed by atoms with Crippen molar-refractivity contribution in [3.05, 3.63) is 29.8 Å². The van der Waals surface area contributed by atoms with E-state index in [2.05, 4.69) is 11.8 Å². The molecule has 4 nitrogen and oxygen atoms in total. The molecule has 1 fully saturated rings. The number of aliphatic hydroxyl groups is 1. The number of ether oxygens (including phenoxy) is 2. The summed E-state index contributed by atoms with van der Waals surface area (Å²) in [7, 11) is 0. The van der Waals surface area contributed by atoms with Crippen LogP contribution in [0.5, 0.6) is 5.75 Å². The fourth-order valence-corrected chi connectivity index (χ4v) is 2.47. The van der Waals surface area contributed by atoms with Crippen molar-refractivity contribution in [3.63, 3.8) is 0 Å². The molecule has 0 bridgehead atoms. The fourth-order valence-electron chi connectivity index (χ4n) is 2.47. The highest BCUT2D eigenvalue weighted by Crippen LogP contribution is 2.25. The van der Waals surface area contributed by atoms with E-state index in [1.807, 2.05) is 38.1 Å². The van der Waals surface area contributed by atoms with Gasteiger partial charge in [0, 0.05) is 13.1 Å². The van der Waals surface area contributed by atoms with Crippen LogP contribution in [-0.4, -0.2) is 48.5 Å². The number of rotatable bonds is 5. The average molecular weight is 279 g/mol. The molecule has 0 spiro atoms. The van der Waals surface area contributed by atoms with Gasteiger partial charge in [-0.1, -0.05) is 19.1 Å². The molecular weight excluding hydrogens is 254 g/mol. The number of aliphatic hydroxyl groups excluding tert-OH is 1. The summed E-state index contributed by atoms with van der Waals surface area (Å²) in [5.41, 5.74) is 0.853. The van der Waals surface area contributed by atoms with Crippen LogP contribution in [0, 0.1) is 0 Å². The van der Waals surface area contributed by atoms with Gasteiger partial charge >= 0.3 is 0 Å². The van der Waals surface area contributed by atoms with Crippen LogP contribution < -0.4 is 4.74 Å². The van der Waals surface area contributed by atoms with Crippen molar-refractivity contribution in [1.82, 2.24) is 4.90 Å². The maximum absolute atomic E-state index is 10.5. The summed E-state index contributed by atoms with van der Waals surface area (Å²) in [4.78, 5) is 2.30. The van der Waals surface area contributed by atoms with E-state index in [-0.39, 0.29) is 12.2 Å². The van der Waals surface area contributed by atoms with Gasteiger partial charge in [0.15, 0.2) is 0 Å². The third-order valence-electron chi connectivity index (χ3n) is 3.55. The first-order valence-electron chi connectivity index (χ1n) is 7.38. The van der Waals surface area contributed by atoms with Gasteiger partial charge in [0.25, 0.3) is 0 Å². The molecule has 0 amide bonds. The molecule has 0 aliphatic carbocycles. The molecule has 1 N–H and O–H groups in total. The van der Waals surface area contributed by atoms with Gasteiger partial charge in [-0.2, -0.15) is 0 Å². The van der Waals surface area contributed by atoms with Gasteiger partial charge in [-0.25, -0.2) is 0 Å². The Bertz CT molecular complexity index is 422. The van der Waals surface area contributed by atoms with Crippen molar-refractivity contribution in [3.8, 4) is 5.75 Å². The van der Waals surface area contributed by atoms with Crippen LogP contribution >= 0.6 is 0 Å². The third kappa shape index (κ3) is 3.95. The van der Waals surface area contributed by atoms with Gasteiger partial charge in [-0.3, -0.25) is 4.90 Å². The molecule has 0 aromatic heterocycles. The Kier molecular flexibility index (Phi) is 5.40. The Morgan fingerprint density at radius 3 is 2.95 bits per heavy atom. The molecule has 20 heavy (non-hydrogen) atoms. The predicted molar refractivity (Wildman–Crippen MR) is 79.0 cm³/mol. The van der Waals surface area contributed by atoms with Crippen molar-refractivity contribution >= 4 is 0 Å². The van der Waals surface area contributed by atoms with Crippen LogP contribution in [0.4, 0.5) is 0 Å². The van der Waals surface area contributed by atoms with Gasteiger partial charge in [0.2, 0.25) is 0 Å². The Labute approximate surface area is 121 Å². The van der Waals surface area contributed by atoms with Crippen LogP contribution in [0.1, 0.15) is 32.4 Å². The minimum absolute atomic E-state index is 0.129. The molecule has 0 saturated carbocycles. The van der Waals surface area contributed by atoms with Gasteiger partial charge in [-0.05, 0) is 38.1 Å². The van der Waals surface area contributed by atoms with Gasteiger partial charge in [0.1, 0.15) is 18.0 Å². The highest BCUT2D eigenvalue weighted by atomic mass is 16.5. The number of likely N-dealkylation sites (N-methyl/N-ethyl adjacent to an activating group) is 1. The average Bonchev–Trinajstić information content (AvgIpc) is 2.46. The third-order valence-corrected chi connectivity index (χ3v) is 3.55. The van der Waals surface area contributed by atoms with Gasteiger partial charge in [-0.15, -0.1) is 0 Å². The van der Waals surface area contributed by atoms with Crippen molar-refractivity contribution < 1.29 is 14.6 Å². The molecular formula is C16H25NO3. The zero-order valence-corrected chi connectivity index (χ0v) is 12.6. The lowest BCUT2D eigenvalue weighted by atomic mass is 10.0. The largest absolute Gasteiger partial charge is 0.491 e. The lowest BCUT2D eigenvalue weighted by Gasteiger charge is -2.34. The van der Waals surface area contributed by atoms with Crippen LogP contribution in [0.15, 0.2) is 24.3 Å². The van der Waals surface area contributed by atoms with Crippen LogP contribution in [-0.2, 0) is 4.74 Å². The number of morpholine rings is 1. The SMILES string of the molecule is CCN1CCOC(C(O)c2cccc(OC(C)C)c2)C1. The zero-order valence-electron chi connectivity index (χ0n) is 12.6. The summed E-state index contributed by atoms with van der Waals surface area (Å²) in [5, 5.41) is 10.5. The molecule has 2 unspecified atom stereocenters. The van der Waals surface area contributed by atoms with Crippen molar-refractivity contribution in [2.24, 2.45) is 0 Å². The molecule has 1 aliphatic heterocycles. The summed E-state index contributed by atoms with van der Waals surface area (Å²) in [5.74, 6) is 0.791.